The van der Waals surface area contributed by atoms with Gasteiger partial charge in [0.1, 0.15) is 0 Å². The summed E-state index contributed by atoms with van der Waals surface area (Å²) in [5.41, 5.74) is -0.258. The Kier molecular flexibility index (Phi) is 5.92. The number of aryl methyl sites for hydroxylation is 1. The minimum atomic E-state index is -1.51. The molecule has 0 saturated carbocycles. The Balaban J connectivity index is 2.94. The Morgan fingerprint density at radius 1 is 1.04 bits per heavy atom. The Morgan fingerprint density at radius 2 is 1.58 bits per heavy atom. The zero-order valence-corrected chi connectivity index (χ0v) is 15.2. The minimum absolute atomic E-state index is 0.0353. The van der Waals surface area contributed by atoms with Crippen LogP contribution in [0, 0.1) is 0 Å². The second kappa shape index (κ2) is 7.95. The van der Waals surface area contributed by atoms with Gasteiger partial charge in [-0.25, -0.2) is 0 Å². The van der Waals surface area contributed by atoms with E-state index in [-0.39, 0.29) is 24.3 Å². The van der Waals surface area contributed by atoms with E-state index < -0.39 is 29.2 Å². The SMILES string of the molecule is CCOC(=O)C(C(=O)OCC)c1c(C(C)=O)c(=O)n(C)c2ccccc12. The van der Waals surface area contributed by atoms with Crippen LogP contribution in [0.4, 0.5) is 0 Å². The van der Waals surface area contributed by atoms with Gasteiger partial charge < -0.3 is 14.0 Å². The number of fused-ring (bicyclic) bond motifs is 1. The maximum Gasteiger partial charge on any atom is 0.324 e. The van der Waals surface area contributed by atoms with Crippen LogP contribution >= 0.6 is 0 Å². The molecule has 0 N–H and O–H groups in total. The van der Waals surface area contributed by atoms with Crippen LogP contribution in [0.5, 0.6) is 0 Å². The third kappa shape index (κ3) is 3.37. The molecule has 0 amide bonds. The van der Waals surface area contributed by atoms with Crippen LogP contribution in [0.25, 0.3) is 10.9 Å². The highest BCUT2D eigenvalue weighted by Gasteiger charge is 2.37. The smallest absolute Gasteiger partial charge is 0.324 e. The zero-order chi connectivity index (χ0) is 19.4. The summed E-state index contributed by atoms with van der Waals surface area (Å²) in [5, 5.41) is 0.450. The molecule has 1 aromatic heterocycles. The first kappa shape index (κ1) is 19.4. The lowest BCUT2D eigenvalue weighted by Gasteiger charge is -2.20. The van der Waals surface area contributed by atoms with E-state index in [9.17, 15) is 19.2 Å². The molecular formula is C19H21NO6. The second-order valence-corrected chi connectivity index (χ2v) is 5.66. The number of Topliss-reactive ketones (excluding diaryl/α,β-unsaturated/α-hetero) is 1. The summed E-state index contributed by atoms with van der Waals surface area (Å²) in [4.78, 5) is 50.0. The molecule has 138 valence electrons. The van der Waals surface area contributed by atoms with Crippen molar-refractivity contribution in [3.05, 3.63) is 45.7 Å². The molecule has 26 heavy (non-hydrogen) atoms. The lowest BCUT2D eigenvalue weighted by Crippen LogP contribution is -2.33. The van der Waals surface area contributed by atoms with Crippen molar-refractivity contribution in [2.45, 2.75) is 26.7 Å². The largest absolute Gasteiger partial charge is 0.465 e. The average Bonchev–Trinajstić information content (AvgIpc) is 2.59. The van der Waals surface area contributed by atoms with Gasteiger partial charge in [-0.2, -0.15) is 0 Å². The van der Waals surface area contributed by atoms with E-state index in [1.165, 1.54) is 18.5 Å². The topological polar surface area (TPSA) is 91.7 Å². The highest BCUT2D eigenvalue weighted by Crippen LogP contribution is 2.30. The number of esters is 2. The van der Waals surface area contributed by atoms with Crippen LogP contribution in [0.15, 0.2) is 29.1 Å². The standard InChI is InChI=1S/C19H21NO6/c1-5-25-18(23)16(19(24)26-6-2)15-12-9-7-8-10-13(12)20(4)17(22)14(15)11(3)21/h7-10,16H,5-6H2,1-4H3. The number of para-hydroxylation sites is 1. The van der Waals surface area contributed by atoms with E-state index in [2.05, 4.69) is 0 Å². The van der Waals surface area contributed by atoms with Crippen molar-refractivity contribution in [2.24, 2.45) is 7.05 Å². The fraction of sp³-hybridized carbons (Fsp3) is 0.368. The van der Waals surface area contributed by atoms with Crippen LogP contribution in [0.1, 0.15) is 42.6 Å². The molecule has 0 spiro atoms. The van der Waals surface area contributed by atoms with Gasteiger partial charge in [0.05, 0.1) is 24.3 Å². The van der Waals surface area contributed by atoms with Gasteiger partial charge in [-0.15, -0.1) is 0 Å². The number of nitrogens with zero attached hydrogens (tertiary/aromatic N) is 1. The summed E-state index contributed by atoms with van der Waals surface area (Å²) in [7, 11) is 1.53. The summed E-state index contributed by atoms with van der Waals surface area (Å²) in [5.74, 6) is -3.75. The average molecular weight is 359 g/mol. The van der Waals surface area contributed by atoms with Crippen molar-refractivity contribution >= 4 is 28.6 Å². The van der Waals surface area contributed by atoms with E-state index >= 15 is 0 Å². The first-order chi connectivity index (χ1) is 12.3. The van der Waals surface area contributed by atoms with Crippen molar-refractivity contribution in [1.82, 2.24) is 4.57 Å². The van der Waals surface area contributed by atoms with Gasteiger partial charge >= 0.3 is 11.9 Å². The van der Waals surface area contributed by atoms with E-state index in [1.807, 2.05) is 0 Å². The molecule has 0 radical (unpaired) electrons. The molecule has 7 nitrogen and oxygen atoms in total. The van der Waals surface area contributed by atoms with Gasteiger partial charge in [0.15, 0.2) is 11.7 Å². The molecule has 0 saturated heterocycles. The molecule has 0 fully saturated rings. The molecule has 1 heterocycles. The Bertz CT molecular complexity index is 910. The van der Waals surface area contributed by atoms with Crippen molar-refractivity contribution in [2.75, 3.05) is 13.2 Å². The molecule has 0 atom stereocenters. The van der Waals surface area contributed by atoms with Gasteiger partial charge in [0.2, 0.25) is 0 Å². The predicted octanol–water partition coefficient (Wildman–Crippen LogP) is 1.95. The number of hydrogen-bond acceptors (Lipinski definition) is 6. The summed E-state index contributed by atoms with van der Waals surface area (Å²) < 4.78 is 11.4. The number of rotatable bonds is 6. The van der Waals surface area contributed by atoms with Crippen LogP contribution in [0.2, 0.25) is 0 Å². The molecule has 0 aliphatic heterocycles. The van der Waals surface area contributed by atoms with E-state index in [4.69, 9.17) is 9.47 Å². The Hall–Kier alpha value is -2.96. The van der Waals surface area contributed by atoms with Crippen LogP contribution in [0.3, 0.4) is 0 Å². The lowest BCUT2D eigenvalue weighted by molar-refractivity contribution is -0.156. The van der Waals surface area contributed by atoms with E-state index in [0.29, 0.717) is 10.9 Å². The molecule has 1 aromatic carbocycles. The third-order valence-electron chi connectivity index (χ3n) is 4.03. The van der Waals surface area contributed by atoms with Gasteiger partial charge in [0, 0.05) is 18.0 Å². The van der Waals surface area contributed by atoms with Crippen LogP contribution < -0.4 is 5.56 Å². The summed E-state index contributed by atoms with van der Waals surface area (Å²) in [6, 6.07) is 6.76. The molecule has 0 bridgehead atoms. The molecule has 2 rings (SSSR count). The number of ketones is 1. The molecule has 0 unspecified atom stereocenters. The van der Waals surface area contributed by atoms with Crippen molar-refractivity contribution < 1.29 is 23.9 Å². The summed E-state index contributed by atoms with van der Waals surface area (Å²) >= 11 is 0. The Labute approximate surface area is 150 Å². The normalized spacial score (nSPS) is 10.8. The molecule has 0 aliphatic rings. The van der Waals surface area contributed by atoms with Crippen molar-refractivity contribution in [1.29, 1.82) is 0 Å². The van der Waals surface area contributed by atoms with E-state index in [0.717, 1.165) is 0 Å². The van der Waals surface area contributed by atoms with Crippen molar-refractivity contribution in [3.8, 4) is 0 Å². The first-order valence-electron chi connectivity index (χ1n) is 8.30. The number of hydrogen-bond donors (Lipinski definition) is 0. The van der Waals surface area contributed by atoms with Crippen LogP contribution in [-0.4, -0.2) is 35.5 Å². The highest BCUT2D eigenvalue weighted by molar-refractivity contribution is 6.09. The minimum Gasteiger partial charge on any atom is -0.465 e. The highest BCUT2D eigenvalue weighted by atomic mass is 16.6. The summed E-state index contributed by atoms with van der Waals surface area (Å²) in [6.45, 7) is 4.53. The maximum atomic E-state index is 12.7. The van der Waals surface area contributed by atoms with Crippen molar-refractivity contribution in [3.63, 3.8) is 0 Å². The molecule has 0 aliphatic carbocycles. The lowest BCUT2D eigenvalue weighted by atomic mass is 9.89. The zero-order valence-electron chi connectivity index (χ0n) is 15.2. The fourth-order valence-electron chi connectivity index (χ4n) is 2.94. The molecule has 2 aromatic rings. The maximum absolute atomic E-state index is 12.7. The third-order valence-corrected chi connectivity index (χ3v) is 4.03. The number of carbonyl (C=O) groups is 3. The van der Waals surface area contributed by atoms with Gasteiger partial charge in [-0.05, 0) is 26.8 Å². The number of ether oxygens (including phenoxy) is 2. The number of carbonyl (C=O) groups excluding carboxylic acids is 3. The van der Waals surface area contributed by atoms with Gasteiger partial charge in [0.25, 0.3) is 5.56 Å². The van der Waals surface area contributed by atoms with Gasteiger partial charge in [-0.1, -0.05) is 18.2 Å². The summed E-state index contributed by atoms with van der Waals surface area (Å²) in [6.07, 6.45) is 0. The number of pyridine rings is 1. The van der Waals surface area contributed by atoms with Gasteiger partial charge in [-0.3, -0.25) is 19.2 Å². The fourth-order valence-corrected chi connectivity index (χ4v) is 2.94. The Morgan fingerprint density at radius 3 is 2.08 bits per heavy atom. The molecule has 7 heteroatoms. The first-order valence-corrected chi connectivity index (χ1v) is 8.30. The van der Waals surface area contributed by atoms with E-state index in [1.54, 1.807) is 38.1 Å². The second-order valence-electron chi connectivity index (χ2n) is 5.66. The number of benzene rings is 1. The van der Waals surface area contributed by atoms with Crippen LogP contribution in [-0.2, 0) is 26.1 Å². The quantitative estimate of drug-likeness (QED) is 0.445. The number of aromatic nitrogens is 1. The monoisotopic (exact) mass is 359 g/mol. The molecular weight excluding hydrogens is 338 g/mol. The predicted molar refractivity (Wildman–Crippen MR) is 95.2 cm³/mol.